The molecule has 0 unspecified atom stereocenters. The summed E-state index contributed by atoms with van der Waals surface area (Å²) in [5, 5.41) is 3.80. The fourth-order valence-corrected chi connectivity index (χ4v) is 8.55. The summed E-state index contributed by atoms with van der Waals surface area (Å²) >= 11 is 0. The second-order valence-corrected chi connectivity index (χ2v) is 11.3. The van der Waals surface area contributed by atoms with Crippen LogP contribution in [0.1, 0.15) is 15.9 Å². The molecule has 0 aliphatic rings. The lowest BCUT2D eigenvalue weighted by Crippen LogP contribution is -2.41. The largest absolute Gasteiger partial charge is 0.294 e. The Labute approximate surface area is 185 Å². The summed E-state index contributed by atoms with van der Waals surface area (Å²) in [4.78, 5) is 13.1. The van der Waals surface area contributed by atoms with Crippen LogP contribution in [0.2, 0.25) is 0 Å². The van der Waals surface area contributed by atoms with Gasteiger partial charge in [-0.3, -0.25) is 4.79 Å². The van der Waals surface area contributed by atoms with Gasteiger partial charge in [0.25, 0.3) is 0 Å². The average molecular weight is 425 g/mol. The van der Waals surface area contributed by atoms with Crippen molar-refractivity contribution in [2.24, 2.45) is 0 Å². The van der Waals surface area contributed by atoms with E-state index in [4.69, 9.17) is 0 Å². The van der Waals surface area contributed by atoms with Crippen LogP contribution in [-0.4, -0.2) is 24.5 Å². The van der Waals surface area contributed by atoms with Gasteiger partial charge in [0.15, 0.2) is 13.2 Å². The topological polar surface area (TPSA) is 20.3 Å². The lowest BCUT2D eigenvalue weighted by atomic mass is 10.0. The average Bonchev–Trinajstić information content (AvgIpc) is 2.82. The van der Waals surface area contributed by atoms with E-state index in [1.54, 1.807) is 0 Å². The summed E-state index contributed by atoms with van der Waals surface area (Å²) in [5.74, 6) is 0.144. The first kappa shape index (κ1) is 21.2. The molecule has 0 spiro atoms. The molecule has 0 saturated heterocycles. The number of ketones is 1. The van der Waals surface area contributed by atoms with Crippen LogP contribution < -0.4 is 15.9 Å². The monoisotopic (exact) mass is 424 g/mol. The highest BCUT2D eigenvalue weighted by molar-refractivity contribution is 7.93. The molecule has 0 aliphatic heterocycles. The minimum absolute atomic E-state index is 0.144. The molecule has 3 heteroatoms. The van der Waals surface area contributed by atoms with Crippen molar-refractivity contribution in [3.63, 3.8) is 0 Å². The molecule has 2 nitrogen and oxygen atoms in total. The van der Waals surface area contributed by atoms with Crippen LogP contribution in [0, 0.1) is 0 Å². The number of nitrogens with zero attached hydrogens (tertiary/aromatic N) is 1. The first-order valence-corrected chi connectivity index (χ1v) is 12.2. The Bertz CT molecular complexity index is 1100. The number of carbonyl (C=O) groups is 1. The second kappa shape index (κ2) is 9.39. The summed E-state index contributed by atoms with van der Waals surface area (Å²) in [5.41, 5.74) is 1.84. The smallest absolute Gasteiger partial charge is 0.181 e. The number of rotatable bonds is 7. The van der Waals surface area contributed by atoms with Crippen LogP contribution in [0.5, 0.6) is 0 Å². The van der Waals surface area contributed by atoms with Crippen molar-refractivity contribution in [2.75, 3.05) is 14.1 Å². The summed E-state index contributed by atoms with van der Waals surface area (Å²) < 4.78 is 2.36. The second-order valence-electron chi connectivity index (χ2n) is 7.75. The number of hydrogen-bond donors (Lipinski definition) is 0. The highest BCUT2D eigenvalue weighted by Gasteiger charge is 2.49. The van der Waals surface area contributed by atoms with Crippen LogP contribution in [0.3, 0.4) is 0 Å². The Balaban J connectivity index is 1.92. The molecule has 0 amide bonds. The molecule has 0 saturated carbocycles. The van der Waals surface area contributed by atoms with Gasteiger partial charge in [-0.1, -0.05) is 84.9 Å². The summed E-state index contributed by atoms with van der Waals surface area (Å²) in [7, 11) is 2.18. The fraction of sp³-hybridized carbons (Fsp3) is 0.107. The molecule has 4 rings (SSSR count). The van der Waals surface area contributed by atoms with Crippen LogP contribution in [0.25, 0.3) is 0 Å². The Kier molecular flexibility index (Phi) is 6.42. The van der Waals surface area contributed by atoms with Crippen LogP contribution in [0.15, 0.2) is 115 Å². The zero-order valence-corrected chi connectivity index (χ0v) is 18.9. The third kappa shape index (κ3) is 4.10. The van der Waals surface area contributed by atoms with Crippen molar-refractivity contribution in [1.29, 1.82) is 0 Å². The lowest BCUT2D eigenvalue weighted by molar-refractivity contribution is 0.0993. The summed E-state index contributed by atoms with van der Waals surface area (Å²) in [6.07, 6.45) is 0.384. The third-order valence-electron chi connectivity index (χ3n) is 5.65. The molecule has 0 N–H and O–H groups in total. The van der Waals surface area contributed by atoms with Gasteiger partial charge in [0.1, 0.15) is 15.9 Å². The van der Waals surface area contributed by atoms with E-state index >= 15 is 0 Å². The van der Waals surface area contributed by atoms with Crippen molar-refractivity contribution in [2.45, 2.75) is 6.42 Å². The Morgan fingerprint density at radius 3 is 1.61 bits per heavy atom. The van der Waals surface area contributed by atoms with Crippen LogP contribution >= 0.6 is 7.41 Å². The molecule has 0 heterocycles. The van der Waals surface area contributed by atoms with Crippen LogP contribution in [0.4, 0.5) is 0 Å². The van der Waals surface area contributed by atoms with E-state index in [0.29, 0.717) is 6.42 Å². The predicted octanol–water partition coefficient (Wildman–Crippen LogP) is 4.88. The van der Waals surface area contributed by atoms with Gasteiger partial charge in [0.05, 0.1) is 0 Å². The standard InChI is InChI=1S/C28H27NOP/c1-29(2)31(25-17-8-4-9-18-25,26-19-10-5-11-20-26)28-21-13-12-16-24(28)22-27(30)23-14-6-3-7-15-23/h3-21H,22H2,1-2H3/q+1. The van der Waals surface area contributed by atoms with E-state index in [1.165, 1.54) is 15.9 Å². The maximum Gasteiger partial charge on any atom is 0.181 e. The number of benzene rings is 4. The predicted molar refractivity (Wildman–Crippen MR) is 133 cm³/mol. The quantitative estimate of drug-likeness (QED) is 0.311. The summed E-state index contributed by atoms with van der Waals surface area (Å²) in [6.45, 7) is 0. The Hall–Kier alpha value is -3.06. The van der Waals surface area contributed by atoms with Gasteiger partial charge >= 0.3 is 0 Å². The first-order chi connectivity index (χ1) is 15.1. The van der Waals surface area contributed by atoms with E-state index in [9.17, 15) is 4.79 Å². The third-order valence-corrected chi connectivity index (χ3v) is 10.1. The number of hydrogen-bond acceptors (Lipinski definition) is 2. The van der Waals surface area contributed by atoms with Crippen molar-refractivity contribution >= 4 is 29.1 Å². The molecule has 0 bridgehead atoms. The number of carbonyl (C=O) groups excluding carboxylic acids is 1. The maximum absolute atomic E-state index is 13.1. The van der Waals surface area contributed by atoms with Crippen LogP contribution in [-0.2, 0) is 6.42 Å². The Morgan fingerprint density at radius 1 is 0.645 bits per heavy atom. The van der Waals surface area contributed by atoms with Gasteiger partial charge < -0.3 is 0 Å². The zero-order valence-electron chi connectivity index (χ0n) is 18.0. The van der Waals surface area contributed by atoms with E-state index in [1.807, 2.05) is 36.4 Å². The van der Waals surface area contributed by atoms with Crippen molar-refractivity contribution in [3.8, 4) is 0 Å². The molecular weight excluding hydrogens is 397 g/mol. The maximum atomic E-state index is 13.1. The molecule has 4 aromatic carbocycles. The molecule has 0 aromatic heterocycles. The van der Waals surface area contributed by atoms with Gasteiger partial charge in [0, 0.05) is 31.6 Å². The summed E-state index contributed by atoms with van der Waals surface area (Å²) in [6, 6.07) is 39.4. The first-order valence-electron chi connectivity index (χ1n) is 10.5. The van der Waals surface area contributed by atoms with Crippen molar-refractivity contribution < 1.29 is 4.79 Å². The molecular formula is C28H27NOP+. The van der Waals surface area contributed by atoms with Gasteiger partial charge in [-0.25, -0.2) is 0 Å². The highest BCUT2D eigenvalue weighted by Crippen LogP contribution is 2.57. The molecule has 0 radical (unpaired) electrons. The highest BCUT2D eigenvalue weighted by atomic mass is 31.2. The minimum atomic E-state index is -2.13. The van der Waals surface area contributed by atoms with Gasteiger partial charge in [0.2, 0.25) is 0 Å². The van der Waals surface area contributed by atoms with Gasteiger partial charge in [-0.05, 0) is 30.3 Å². The normalized spacial score (nSPS) is 11.5. The van der Waals surface area contributed by atoms with E-state index in [2.05, 4.69) is 97.6 Å². The molecule has 0 fully saturated rings. The van der Waals surface area contributed by atoms with E-state index < -0.39 is 7.41 Å². The van der Waals surface area contributed by atoms with Crippen molar-refractivity contribution in [3.05, 3.63) is 126 Å². The lowest BCUT2D eigenvalue weighted by Gasteiger charge is -2.33. The van der Waals surface area contributed by atoms with Crippen molar-refractivity contribution in [1.82, 2.24) is 4.67 Å². The molecule has 0 aliphatic carbocycles. The molecule has 154 valence electrons. The molecule has 31 heavy (non-hydrogen) atoms. The Morgan fingerprint density at radius 2 is 1.10 bits per heavy atom. The SMILES string of the molecule is CN(C)[P+](c1ccccc1)(c1ccccc1)c1ccccc1CC(=O)c1ccccc1. The number of Topliss-reactive ketones (excluding diaryl/α,β-unsaturated/α-hetero) is 1. The molecule has 4 aromatic rings. The zero-order chi connectivity index (χ0) is 21.7. The fourth-order valence-electron chi connectivity index (χ4n) is 4.27. The molecule has 0 atom stereocenters. The van der Waals surface area contributed by atoms with Gasteiger partial charge in [-0.15, -0.1) is 0 Å². The van der Waals surface area contributed by atoms with E-state index in [-0.39, 0.29) is 5.78 Å². The van der Waals surface area contributed by atoms with E-state index in [0.717, 1.165) is 11.1 Å². The minimum Gasteiger partial charge on any atom is -0.294 e. The van der Waals surface area contributed by atoms with Gasteiger partial charge in [-0.2, -0.15) is 4.67 Å².